The van der Waals surface area contributed by atoms with Gasteiger partial charge < -0.3 is 19.2 Å². The van der Waals surface area contributed by atoms with Gasteiger partial charge in [-0.25, -0.2) is 0 Å². The van der Waals surface area contributed by atoms with Gasteiger partial charge in [0, 0.05) is 31.9 Å². The van der Waals surface area contributed by atoms with Crippen LogP contribution in [-0.4, -0.2) is 69.1 Å². The summed E-state index contributed by atoms with van der Waals surface area (Å²) in [5, 5.41) is 20.6. The van der Waals surface area contributed by atoms with Crippen molar-refractivity contribution in [1.29, 1.82) is 0 Å². The summed E-state index contributed by atoms with van der Waals surface area (Å²) in [6, 6.07) is 19.7. The van der Waals surface area contributed by atoms with Crippen molar-refractivity contribution in [1.82, 2.24) is 14.8 Å². The maximum atomic E-state index is 14.3. The topological polar surface area (TPSA) is 116 Å². The lowest BCUT2D eigenvalue weighted by Crippen LogP contribution is -2.48. The zero-order valence-electron chi connectivity index (χ0n) is 28.2. The van der Waals surface area contributed by atoms with Crippen LogP contribution < -0.4 is 0 Å². The third-order valence-electron chi connectivity index (χ3n) is 10.9. The van der Waals surface area contributed by atoms with Gasteiger partial charge in [0.15, 0.2) is 0 Å². The fourth-order valence-electron chi connectivity index (χ4n) is 8.71. The van der Waals surface area contributed by atoms with Crippen LogP contribution in [0, 0.1) is 17.8 Å². The molecule has 5 heterocycles. The number of carbonyl (C=O) groups excluding carboxylic acids is 2. The number of hydrogen-bond donors (Lipinski definition) is 2. The third-order valence-corrected chi connectivity index (χ3v) is 10.9. The molecule has 256 valence electrons. The Hall–Kier alpha value is -3.83. The number of rotatable bonds is 11. The summed E-state index contributed by atoms with van der Waals surface area (Å²) < 4.78 is 12.1. The van der Waals surface area contributed by atoms with E-state index in [9.17, 15) is 19.7 Å². The molecule has 49 heavy (non-hydrogen) atoms. The van der Waals surface area contributed by atoms with E-state index in [-0.39, 0.29) is 42.4 Å². The highest BCUT2D eigenvalue weighted by molar-refractivity contribution is 6.43. The molecule has 2 N–H and O–H groups in total. The Bertz CT molecular complexity index is 1680. The van der Waals surface area contributed by atoms with Gasteiger partial charge in [0.1, 0.15) is 18.1 Å². The number of aliphatic hydroxyl groups excluding tert-OH is 1. The molecule has 0 radical (unpaired) electrons. The first kappa shape index (κ1) is 33.7. The van der Waals surface area contributed by atoms with E-state index in [1.165, 1.54) is 11.1 Å². The number of hydrogen-bond acceptors (Lipinski definition) is 8. The molecule has 7 rings (SSSR count). The standard InChI is InChI=1S/C39H46BN3O6/c1-2-8-28-22-32-37(39(46)43(38(32)45)29-16-19-42(20-17-29)24-26-9-4-3-5-10-26)33-23-40(47)49-35(36(28)33)15-12-27(34-11-6-7-18-41-34)21-30-13-14-31(25-44)48-30/h3-7,9-11,13-14,18,21,29,32-33,35,37,44,47H,2,8,12,15-17,19-20,22-25H2,1H3/b27-21-/t32-,33+,35-,37-/m1/s1. The minimum absolute atomic E-state index is 0.0252. The Balaban J connectivity index is 1.10. The summed E-state index contributed by atoms with van der Waals surface area (Å²) in [6.45, 7) is 4.54. The summed E-state index contributed by atoms with van der Waals surface area (Å²) in [6.07, 6.45) is 8.71. The van der Waals surface area contributed by atoms with E-state index >= 15 is 0 Å². The van der Waals surface area contributed by atoms with Crippen LogP contribution in [0.1, 0.15) is 74.6 Å². The molecule has 3 saturated heterocycles. The van der Waals surface area contributed by atoms with Crippen molar-refractivity contribution in [2.24, 2.45) is 17.8 Å². The number of pyridine rings is 1. The normalized spacial score (nSPS) is 25.2. The van der Waals surface area contributed by atoms with Gasteiger partial charge in [-0.05, 0) is 97.8 Å². The first-order chi connectivity index (χ1) is 23.9. The van der Waals surface area contributed by atoms with E-state index < -0.39 is 13.0 Å². The quantitative estimate of drug-likeness (QED) is 0.152. The van der Waals surface area contributed by atoms with Crippen LogP contribution in [0.2, 0.25) is 6.32 Å². The van der Waals surface area contributed by atoms with Crippen molar-refractivity contribution < 1.29 is 28.8 Å². The maximum Gasteiger partial charge on any atom is 0.455 e. The second-order valence-corrected chi connectivity index (χ2v) is 14.0. The second kappa shape index (κ2) is 15.0. The lowest BCUT2D eigenvalue weighted by atomic mass is 9.58. The number of aliphatic hydroxyl groups is 1. The predicted octanol–water partition coefficient (Wildman–Crippen LogP) is 5.75. The highest BCUT2D eigenvalue weighted by Crippen LogP contribution is 2.52. The van der Waals surface area contributed by atoms with Crippen LogP contribution in [0.15, 0.2) is 82.4 Å². The van der Waals surface area contributed by atoms with E-state index in [2.05, 4.69) is 41.1 Å². The molecule has 1 aliphatic carbocycles. The lowest BCUT2D eigenvalue weighted by Gasteiger charge is -2.43. The summed E-state index contributed by atoms with van der Waals surface area (Å²) in [7, 11) is -1.02. The highest BCUT2D eigenvalue weighted by atomic mass is 16.5. The van der Waals surface area contributed by atoms with Crippen molar-refractivity contribution in [3.63, 3.8) is 0 Å². The summed E-state index contributed by atoms with van der Waals surface area (Å²) in [5.41, 5.74) is 5.37. The SMILES string of the molecule is CCCC1=C2[C@@H](CC/C(=C/c3ccc(CO)o3)c3ccccn3)OB(O)C[C@@H]2[C@@H]2C(=O)N(C3CCN(Cc4ccccc4)CC3)C(=O)[C@@H]2C1. The molecule has 4 atom stereocenters. The zero-order chi connectivity index (χ0) is 33.9. The summed E-state index contributed by atoms with van der Waals surface area (Å²) in [5.74, 6) is -0.0385. The van der Waals surface area contributed by atoms with Crippen LogP contribution in [0.3, 0.4) is 0 Å². The summed E-state index contributed by atoms with van der Waals surface area (Å²) >= 11 is 0. The number of amides is 2. The van der Waals surface area contributed by atoms with Crippen LogP contribution in [0.4, 0.5) is 0 Å². The highest BCUT2D eigenvalue weighted by Gasteiger charge is 2.58. The van der Waals surface area contributed by atoms with Crippen LogP contribution in [-0.2, 0) is 27.4 Å². The molecule has 1 aromatic carbocycles. The van der Waals surface area contributed by atoms with Gasteiger partial charge in [-0.15, -0.1) is 0 Å². The first-order valence-corrected chi connectivity index (χ1v) is 17.9. The first-order valence-electron chi connectivity index (χ1n) is 17.9. The van der Waals surface area contributed by atoms with Gasteiger partial charge in [0.25, 0.3) is 0 Å². The van der Waals surface area contributed by atoms with Gasteiger partial charge in [-0.3, -0.25) is 24.4 Å². The molecule has 4 aliphatic rings. The molecule has 2 amide bonds. The molecule has 9 nitrogen and oxygen atoms in total. The largest absolute Gasteiger partial charge is 0.459 e. The van der Waals surface area contributed by atoms with Crippen LogP contribution in [0.25, 0.3) is 11.6 Å². The van der Waals surface area contributed by atoms with E-state index in [4.69, 9.17) is 9.07 Å². The number of fused-ring (bicyclic) bond motifs is 3. The molecule has 2 aromatic heterocycles. The van der Waals surface area contributed by atoms with Crippen molar-refractivity contribution in [2.75, 3.05) is 13.1 Å². The lowest BCUT2D eigenvalue weighted by molar-refractivity contribution is -0.144. The Morgan fingerprint density at radius 3 is 2.53 bits per heavy atom. The predicted molar refractivity (Wildman–Crippen MR) is 187 cm³/mol. The smallest absolute Gasteiger partial charge is 0.455 e. The number of aromatic nitrogens is 1. The molecule has 0 spiro atoms. The van der Waals surface area contributed by atoms with Gasteiger partial charge in [0.2, 0.25) is 11.8 Å². The number of nitrogens with zero attached hydrogens (tertiary/aromatic N) is 3. The van der Waals surface area contributed by atoms with Crippen LogP contribution >= 0.6 is 0 Å². The second-order valence-electron chi connectivity index (χ2n) is 14.0. The van der Waals surface area contributed by atoms with E-state index in [0.717, 1.165) is 62.2 Å². The van der Waals surface area contributed by atoms with E-state index in [1.807, 2.05) is 36.4 Å². The van der Waals surface area contributed by atoms with Crippen molar-refractivity contribution in [3.8, 4) is 0 Å². The minimum Gasteiger partial charge on any atom is -0.459 e. The average Bonchev–Trinajstić information content (AvgIpc) is 3.68. The molecule has 3 aliphatic heterocycles. The maximum absolute atomic E-state index is 14.3. The fourth-order valence-corrected chi connectivity index (χ4v) is 8.71. The minimum atomic E-state index is -1.02. The average molecular weight is 664 g/mol. The number of imide groups is 1. The monoisotopic (exact) mass is 663 g/mol. The van der Waals surface area contributed by atoms with Crippen molar-refractivity contribution in [2.45, 2.75) is 83.5 Å². The molecule has 3 fully saturated rings. The van der Waals surface area contributed by atoms with Crippen LogP contribution in [0.5, 0.6) is 0 Å². The Morgan fingerprint density at radius 1 is 1.02 bits per heavy atom. The van der Waals surface area contributed by atoms with E-state index in [1.54, 1.807) is 17.2 Å². The van der Waals surface area contributed by atoms with Gasteiger partial charge in [-0.2, -0.15) is 0 Å². The summed E-state index contributed by atoms with van der Waals surface area (Å²) in [4.78, 5) is 37.1. The Labute approximate surface area is 288 Å². The molecule has 10 heteroatoms. The number of carbonyl (C=O) groups is 2. The van der Waals surface area contributed by atoms with Crippen molar-refractivity contribution >= 4 is 30.6 Å². The van der Waals surface area contributed by atoms with Gasteiger partial charge in [-0.1, -0.05) is 55.3 Å². The number of allylic oxidation sites excluding steroid dienone is 2. The van der Waals surface area contributed by atoms with Crippen molar-refractivity contribution in [3.05, 3.63) is 101 Å². The molecular weight excluding hydrogens is 617 g/mol. The number of likely N-dealkylation sites (tertiary alicyclic amines) is 2. The molecule has 0 unspecified atom stereocenters. The Morgan fingerprint density at radius 2 is 1.82 bits per heavy atom. The number of piperidine rings is 1. The zero-order valence-corrected chi connectivity index (χ0v) is 28.2. The number of benzene rings is 1. The van der Waals surface area contributed by atoms with Gasteiger partial charge >= 0.3 is 7.12 Å². The fraction of sp³-hybridized carbons (Fsp3) is 0.462. The Kier molecular flexibility index (Phi) is 10.3. The van der Waals surface area contributed by atoms with Gasteiger partial charge in [0.05, 0.1) is 23.6 Å². The molecule has 0 saturated carbocycles. The third kappa shape index (κ3) is 7.10. The van der Waals surface area contributed by atoms with E-state index in [0.29, 0.717) is 37.1 Å². The molecular formula is C39H46BN3O6. The molecule has 0 bridgehead atoms. The molecule has 3 aromatic rings. The number of furan rings is 1.